The van der Waals surface area contributed by atoms with Crippen molar-refractivity contribution in [3.63, 3.8) is 0 Å². The van der Waals surface area contributed by atoms with E-state index in [1.807, 2.05) is 43.3 Å². The largest absolute Gasteiger partial charge is 0.493 e. The zero-order chi connectivity index (χ0) is 22.7. The van der Waals surface area contributed by atoms with Crippen molar-refractivity contribution in [2.75, 3.05) is 6.61 Å². The van der Waals surface area contributed by atoms with E-state index < -0.39 is 11.8 Å². The Balaban J connectivity index is 1.65. The molecule has 4 rings (SSSR count). The Morgan fingerprint density at radius 3 is 2.66 bits per heavy atom. The molecule has 3 aromatic carbocycles. The van der Waals surface area contributed by atoms with Gasteiger partial charge in [0.25, 0.3) is 11.8 Å². The second-order valence-electron chi connectivity index (χ2n) is 7.01. The minimum Gasteiger partial charge on any atom is -0.493 e. The summed E-state index contributed by atoms with van der Waals surface area (Å²) in [6.45, 7) is 2.60. The molecule has 0 unspecified atom stereocenters. The van der Waals surface area contributed by atoms with E-state index in [9.17, 15) is 9.59 Å². The molecule has 0 bridgehead atoms. The van der Waals surface area contributed by atoms with Gasteiger partial charge < -0.3 is 4.74 Å². The fraction of sp³-hybridized carbons (Fsp3) is 0.125. The maximum atomic E-state index is 13.1. The lowest BCUT2D eigenvalue weighted by atomic mass is 10.0. The monoisotopic (exact) mass is 482 g/mol. The molecule has 1 aliphatic rings. The first kappa shape index (κ1) is 22.3. The first-order valence-electron chi connectivity index (χ1n) is 9.97. The molecule has 1 saturated heterocycles. The summed E-state index contributed by atoms with van der Waals surface area (Å²) in [6, 6.07) is 18.2. The van der Waals surface area contributed by atoms with E-state index >= 15 is 0 Å². The first-order chi connectivity index (χ1) is 15.5. The lowest BCUT2D eigenvalue weighted by Gasteiger charge is -2.15. The van der Waals surface area contributed by atoms with Gasteiger partial charge in [-0.2, -0.15) is 5.01 Å². The van der Waals surface area contributed by atoms with Crippen LogP contribution in [0.5, 0.6) is 5.75 Å². The molecule has 0 atom stereocenters. The summed E-state index contributed by atoms with van der Waals surface area (Å²) in [5.41, 5.74) is 3.76. The molecule has 0 aliphatic carbocycles. The van der Waals surface area contributed by atoms with Crippen LogP contribution in [0, 0.1) is 0 Å². The fourth-order valence-corrected chi connectivity index (χ4v) is 4.51. The van der Waals surface area contributed by atoms with Crippen LogP contribution in [0.2, 0.25) is 5.02 Å². The molecule has 0 aromatic heterocycles. The van der Waals surface area contributed by atoms with Crippen molar-refractivity contribution in [1.82, 2.24) is 10.4 Å². The molecule has 0 saturated carbocycles. The Morgan fingerprint density at radius 2 is 1.91 bits per heavy atom. The predicted molar refractivity (Wildman–Crippen MR) is 134 cm³/mol. The Kier molecular flexibility index (Phi) is 6.79. The number of carbonyl (C=O) groups excluding carboxylic acids is 2. The molecule has 1 N–H and O–H groups in total. The van der Waals surface area contributed by atoms with Gasteiger partial charge in [-0.1, -0.05) is 60.6 Å². The molecule has 0 spiro atoms. The van der Waals surface area contributed by atoms with Crippen LogP contribution >= 0.6 is 35.6 Å². The fourth-order valence-electron chi connectivity index (χ4n) is 3.22. The lowest BCUT2D eigenvalue weighted by Crippen LogP contribution is -2.44. The van der Waals surface area contributed by atoms with E-state index in [1.165, 1.54) is 0 Å². The number of hydrazine groups is 1. The van der Waals surface area contributed by atoms with Gasteiger partial charge in [0.15, 0.2) is 4.32 Å². The summed E-state index contributed by atoms with van der Waals surface area (Å²) in [5.74, 6) is -0.144. The van der Waals surface area contributed by atoms with E-state index in [2.05, 4.69) is 5.43 Å². The third-order valence-electron chi connectivity index (χ3n) is 4.78. The number of fused-ring (bicyclic) bond motifs is 1. The van der Waals surface area contributed by atoms with Crippen molar-refractivity contribution in [2.24, 2.45) is 0 Å². The van der Waals surface area contributed by atoms with Gasteiger partial charge in [-0.25, -0.2) is 0 Å². The minimum atomic E-state index is -0.448. The van der Waals surface area contributed by atoms with Crippen LogP contribution < -0.4 is 10.2 Å². The van der Waals surface area contributed by atoms with Crippen LogP contribution in [-0.2, 0) is 4.79 Å². The van der Waals surface area contributed by atoms with Gasteiger partial charge >= 0.3 is 0 Å². The predicted octanol–water partition coefficient (Wildman–Crippen LogP) is 5.83. The maximum absolute atomic E-state index is 13.1. The van der Waals surface area contributed by atoms with Crippen molar-refractivity contribution in [1.29, 1.82) is 0 Å². The maximum Gasteiger partial charge on any atom is 0.285 e. The van der Waals surface area contributed by atoms with E-state index in [0.29, 0.717) is 27.8 Å². The third-order valence-corrected chi connectivity index (χ3v) is 6.34. The van der Waals surface area contributed by atoms with Gasteiger partial charge in [-0.15, -0.1) is 0 Å². The highest BCUT2D eigenvalue weighted by atomic mass is 35.5. The number of carbonyl (C=O) groups is 2. The van der Waals surface area contributed by atoms with Crippen molar-refractivity contribution in [3.8, 4) is 5.75 Å². The molecule has 32 heavy (non-hydrogen) atoms. The average Bonchev–Trinajstić information content (AvgIpc) is 3.06. The van der Waals surface area contributed by atoms with Crippen molar-refractivity contribution in [3.05, 3.63) is 81.7 Å². The number of hydrogen-bond donors (Lipinski definition) is 1. The number of benzene rings is 3. The number of nitrogens with one attached hydrogen (secondary N) is 1. The van der Waals surface area contributed by atoms with Gasteiger partial charge in [-0.3, -0.25) is 15.0 Å². The van der Waals surface area contributed by atoms with Gasteiger partial charge in [-0.05, 0) is 65.8 Å². The molecule has 162 valence electrons. The topological polar surface area (TPSA) is 58.6 Å². The third kappa shape index (κ3) is 4.65. The smallest absolute Gasteiger partial charge is 0.285 e. The lowest BCUT2D eigenvalue weighted by molar-refractivity contribution is -0.123. The van der Waals surface area contributed by atoms with Gasteiger partial charge in [0.1, 0.15) is 5.75 Å². The summed E-state index contributed by atoms with van der Waals surface area (Å²) < 4.78 is 6.18. The summed E-state index contributed by atoms with van der Waals surface area (Å²) in [7, 11) is 0. The number of rotatable bonds is 6. The molecular weight excluding hydrogens is 464 g/mol. The number of hydrogen-bond acceptors (Lipinski definition) is 5. The Morgan fingerprint density at radius 1 is 1.16 bits per heavy atom. The van der Waals surface area contributed by atoms with Crippen molar-refractivity contribution < 1.29 is 14.3 Å². The second kappa shape index (κ2) is 9.73. The highest BCUT2D eigenvalue weighted by Crippen LogP contribution is 2.36. The summed E-state index contributed by atoms with van der Waals surface area (Å²) >= 11 is 12.4. The second-order valence-corrected chi connectivity index (χ2v) is 9.12. The zero-order valence-electron chi connectivity index (χ0n) is 17.1. The van der Waals surface area contributed by atoms with E-state index in [1.54, 1.807) is 30.3 Å². The molecule has 1 fully saturated rings. The molecule has 2 amide bonds. The Hall–Kier alpha value is -2.87. The average molecular weight is 483 g/mol. The normalized spacial score (nSPS) is 14.9. The number of amides is 2. The molecule has 1 heterocycles. The summed E-state index contributed by atoms with van der Waals surface area (Å²) in [5, 5.41) is 3.62. The standard InChI is InChI=1S/C24H19ClN2O3S2/c1-2-13-30-20-12-9-15-5-3-4-6-18(15)19(20)14-21-23(29)27(24(31)32-21)26-22(28)16-7-10-17(25)11-8-16/h3-12,14H,2,13H2,1H3,(H,26,28)/b21-14-. The SMILES string of the molecule is CCCOc1ccc2ccccc2c1/C=C1\SC(=S)N(NC(=O)c2ccc(Cl)cc2)C1=O. The van der Waals surface area contributed by atoms with E-state index in [-0.39, 0.29) is 4.32 Å². The van der Waals surface area contributed by atoms with Crippen LogP contribution in [0.25, 0.3) is 16.8 Å². The molecule has 0 radical (unpaired) electrons. The van der Waals surface area contributed by atoms with Crippen molar-refractivity contribution >= 4 is 68.6 Å². The number of halogens is 1. The van der Waals surface area contributed by atoms with Crippen LogP contribution in [0.3, 0.4) is 0 Å². The van der Waals surface area contributed by atoms with Gasteiger partial charge in [0, 0.05) is 16.1 Å². The number of nitrogens with zero attached hydrogens (tertiary/aromatic N) is 1. The molecule has 3 aromatic rings. The van der Waals surface area contributed by atoms with Crippen LogP contribution in [0.4, 0.5) is 0 Å². The number of thioether (sulfide) groups is 1. The van der Waals surface area contributed by atoms with Gasteiger partial charge in [0.05, 0.1) is 11.5 Å². The first-order valence-corrected chi connectivity index (χ1v) is 11.6. The van der Waals surface area contributed by atoms with E-state index in [0.717, 1.165) is 39.5 Å². The minimum absolute atomic E-state index is 0.250. The molecule has 1 aliphatic heterocycles. The van der Waals surface area contributed by atoms with E-state index in [4.69, 9.17) is 28.6 Å². The quantitative estimate of drug-likeness (QED) is 0.354. The van der Waals surface area contributed by atoms with Crippen LogP contribution in [-0.4, -0.2) is 27.8 Å². The molecule has 5 nitrogen and oxygen atoms in total. The van der Waals surface area contributed by atoms with Crippen molar-refractivity contribution in [2.45, 2.75) is 13.3 Å². The number of thiocarbonyl (C=S) groups is 1. The highest BCUT2D eigenvalue weighted by molar-refractivity contribution is 8.26. The van der Waals surface area contributed by atoms with Crippen LogP contribution in [0.15, 0.2) is 65.6 Å². The number of ether oxygens (including phenoxy) is 1. The summed E-state index contributed by atoms with van der Waals surface area (Å²) in [4.78, 5) is 26.0. The Bertz CT molecular complexity index is 1240. The van der Waals surface area contributed by atoms with Crippen LogP contribution in [0.1, 0.15) is 29.3 Å². The molecular formula is C24H19ClN2O3S2. The highest BCUT2D eigenvalue weighted by Gasteiger charge is 2.34. The molecule has 8 heteroatoms. The van der Waals surface area contributed by atoms with Gasteiger partial charge in [0.2, 0.25) is 0 Å². The Labute approximate surface area is 200 Å². The summed E-state index contributed by atoms with van der Waals surface area (Å²) in [6.07, 6.45) is 2.65. The zero-order valence-corrected chi connectivity index (χ0v) is 19.5.